The van der Waals surface area contributed by atoms with Crippen LogP contribution in [0.15, 0.2) is 23.1 Å². The Kier molecular flexibility index (Phi) is 3.19. The summed E-state index contributed by atoms with van der Waals surface area (Å²) in [6.45, 7) is 4.05. The second kappa shape index (κ2) is 4.35. The minimum atomic E-state index is -1.11. The Bertz CT molecular complexity index is 454. The summed E-state index contributed by atoms with van der Waals surface area (Å²) in [7, 11) is 1.68. The largest absolute Gasteiger partial charge is 0.545 e. The van der Waals surface area contributed by atoms with E-state index in [1.807, 2.05) is 19.9 Å². The minimum absolute atomic E-state index is 0.239. The highest BCUT2D eigenvalue weighted by molar-refractivity contribution is 8.00. The van der Waals surface area contributed by atoms with Crippen molar-refractivity contribution in [2.75, 3.05) is 7.11 Å². The number of benzene rings is 1. The number of thioether (sulfide) groups is 1. The standard InChI is InChI=1S/C13H16O3S/c1-13(2,16-3)10-7-8-5-4-6-9(12(14)15)11(8)17-10/h4-6,10H,7H2,1-3H3,(H,14,15)/p-1. The maximum absolute atomic E-state index is 11.0. The van der Waals surface area contributed by atoms with E-state index in [1.165, 1.54) is 0 Å². The lowest BCUT2D eigenvalue weighted by molar-refractivity contribution is -0.255. The Morgan fingerprint density at radius 1 is 1.53 bits per heavy atom. The van der Waals surface area contributed by atoms with Crippen molar-refractivity contribution >= 4 is 17.7 Å². The van der Waals surface area contributed by atoms with E-state index in [0.29, 0.717) is 5.56 Å². The topological polar surface area (TPSA) is 49.4 Å². The number of carboxylic acid groups (broad SMARTS) is 1. The fourth-order valence-electron chi connectivity index (χ4n) is 1.95. The van der Waals surface area contributed by atoms with Crippen LogP contribution in [-0.4, -0.2) is 23.9 Å². The molecule has 0 spiro atoms. The van der Waals surface area contributed by atoms with Gasteiger partial charge >= 0.3 is 0 Å². The third kappa shape index (κ3) is 2.19. The first kappa shape index (κ1) is 12.5. The molecule has 0 N–H and O–H groups in total. The van der Waals surface area contributed by atoms with Gasteiger partial charge in [0.25, 0.3) is 0 Å². The zero-order valence-corrected chi connectivity index (χ0v) is 11.0. The van der Waals surface area contributed by atoms with E-state index < -0.39 is 5.97 Å². The Morgan fingerprint density at radius 3 is 2.82 bits per heavy atom. The third-order valence-electron chi connectivity index (χ3n) is 3.28. The smallest absolute Gasteiger partial charge is 0.0747 e. The number of fused-ring (bicyclic) bond motifs is 1. The molecule has 0 bridgehead atoms. The molecular weight excluding hydrogens is 236 g/mol. The molecule has 0 fully saturated rings. The zero-order valence-electron chi connectivity index (χ0n) is 10.1. The van der Waals surface area contributed by atoms with Gasteiger partial charge in [-0.15, -0.1) is 11.8 Å². The summed E-state index contributed by atoms with van der Waals surface area (Å²) in [5.74, 6) is -1.11. The average Bonchev–Trinajstić information content (AvgIpc) is 2.72. The number of rotatable bonds is 3. The molecule has 0 radical (unpaired) electrons. The number of methoxy groups -OCH3 is 1. The Balaban J connectivity index is 2.34. The van der Waals surface area contributed by atoms with Gasteiger partial charge < -0.3 is 14.6 Å². The van der Waals surface area contributed by atoms with Crippen LogP contribution in [0.3, 0.4) is 0 Å². The summed E-state index contributed by atoms with van der Waals surface area (Å²) >= 11 is 1.58. The van der Waals surface area contributed by atoms with Gasteiger partial charge in [-0.1, -0.05) is 18.2 Å². The lowest BCUT2D eigenvalue weighted by atomic mass is 9.97. The Labute approximate surface area is 105 Å². The fourth-order valence-corrected chi connectivity index (χ4v) is 3.46. The second-order valence-electron chi connectivity index (χ2n) is 4.70. The van der Waals surface area contributed by atoms with Crippen molar-refractivity contribution in [3.05, 3.63) is 29.3 Å². The highest BCUT2D eigenvalue weighted by Crippen LogP contribution is 2.44. The van der Waals surface area contributed by atoms with Crippen molar-refractivity contribution in [2.24, 2.45) is 0 Å². The molecule has 0 saturated carbocycles. The van der Waals surface area contributed by atoms with Crippen LogP contribution in [0.25, 0.3) is 0 Å². The molecule has 0 aliphatic carbocycles. The summed E-state index contributed by atoms with van der Waals surface area (Å²) in [6.07, 6.45) is 0.835. The molecule has 92 valence electrons. The molecule has 1 aliphatic heterocycles. The SMILES string of the molecule is COC(C)(C)C1Cc2cccc(C(=O)[O-])c2S1. The van der Waals surface area contributed by atoms with Crippen molar-refractivity contribution in [1.29, 1.82) is 0 Å². The molecule has 3 nitrogen and oxygen atoms in total. The summed E-state index contributed by atoms with van der Waals surface area (Å²) in [5.41, 5.74) is 1.10. The normalized spacial score (nSPS) is 19.1. The van der Waals surface area contributed by atoms with Gasteiger partial charge in [0.05, 0.1) is 11.6 Å². The van der Waals surface area contributed by atoms with E-state index in [4.69, 9.17) is 4.74 Å². The first-order valence-corrected chi connectivity index (χ1v) is 6.38. The molecule has 1 aromatic carbocycles. The van der Waals surface area contributed by atoms with Gasteiger partial charge in [0.2, 0.25) is 0 Å². The summed E-state index contributed by atoms with van der Waals surface area (Å²) in [6, 6.07) is 5.34. The number of hydrogen-bond donors (Lipinski definition) is 0. The van der Waals surface area contributed by atoms with Gasteiger partial charge in [0, 0.05) is 22.8 Å². The Morgan fingerprint density at radius 2 is 2.24 bits per heavy atom. The molecule has 0 aromatic heterocycles. The van der Waals surface area contributed by atoms with Gasteiger partial charge in [-0.3, -0.25) is 0 Å². The number of hydrogen-bond acceptors (Lipinski definition) is 4. The van der Waals surface area contributed by atoms with Crippen LogP contribution in [-0.2, 0) is 11.2 Å². The van der Waals surface area contributed by atoms with Crippen molar-refractivity contribution in [1.82, 2.24) is 0 Å². The average molecular weight is 251 g/mol. The number of carbonyl (C=O) groups excluding carboxylic acids is 1. The second-order valence-corrected chi connectivity index (χ2v) is 5.91. The van der Waals surface area contributed by atoms with Crippen LogP contribution in [0, 0.1) is 0 Å². The summed E-state index contributed by atoms with van der Waals surface area (Å²) < 4.78 is 5.47. The molecular formula is C13H15O3S-. The van der Waals surface area contributed by atoms with Gasteiger partial charge in [-0.05, 0) is 25.8 Å². The fraction of sp³-hybridized carbons (Fsp3) is 0.462. The maximum Gasteiger partial charge on any atom is 0.0747 e. The molecule has 1 aliphatic rings. The van der Waals surface area contributed by atoms with Gasteiger partial charge in [0.1, 0.15) is 0 Å². The first-order chi connectivity index (χ1) is 7.95. The van der Waals surface area contributed by atoms with Crippen molar-refractivity contribution in [3.8, 4) is 0 Å². The predicted molar refractivity (Wildman–Crippen MR) is 65.2 cm³/mol. The first-order valence-electron chi connectivity index (χ1n) is 5.50. The predicted octanol–water partition coefficient (Wildman–Crippen LogP) is 1.49. The zero-order chi connectivity index (χ0) is 12.6. The van der Waals surface area contributed by atoms with Crippen LogP contribution >= 0.6 is 11.8 Å². The molecule has 0 saturated heterocycles. The molecule has 1 heterocycles. The molecule has 2 rings (SSSR count). The highest BCUT2D eigenvalue weighted by Gasteiger charge is 2.36. The van der Waals surface area contributed by atoms with Crippen LogP contribution in [0.5, 0.6) is 0 Å². The minimum Gasteiger partial charge on any atom is -0.545 e. The van der Waals surface area contributed by atoms with E-state index in [9.17, 15) is 9.90 Å². The van der Waals surface area contributed by atoms with E-state index in [0.717, 1.165) is 16.9 Å². The lowest BCUT2D eigenvalue weighted by Crippen LogP contribution is -2.35. The van der Waals surface area contributed by atoms with Gasteiger partial charge in [0.15, 0.2) is 0 Å². The van der Waals surface area contributed by atoms with Crippen molar-refractivity contribution < 1.29 is 14.6 Å². The number of carboxylic acids is 1. The van der Waals surface area contributed by atoms with Crippen molar-refractivity contribution in [3.63, 3.8) is 0 Å². The maximum atomic E-state index is 11.0. The van der Waals surface area contributed by atoms with Gasteiger partial charge in [-0.2, -0.15) is 0 Å². The van der Waals surface area contributed by atoms with E-state index in [2.05, 4.69) is 0 Å². The van der Waals surface area contributed by atoms with E-state index in [-0.39, 0.29) is 10.9 Å². The molecule has 4 heteroatoms. The molecule has 0 amide bonds. The highest BCUT2D eigenvalue weighted by atomic mass is 32.2. The number of carbonyl (C=O) groups is 1. The van der Waals surface area contributed by atoms with Crippen LogP contribution < -0.4 is 5.11 Å². The molecule has 17 heavy (non-hydrogen) atoms. The van der Waals surface area contributed by atoms with Crippen LogP contribution in [0.1, 0.15) is 29.8 Å². The van der Waals surface area contributed by atoms with Crippen molar-refractivity contribution in [2.45, 2.75) is 36.0 Å². The van der Waals surface area contributed by atoms with E-state index in [1.54, 1.807) is 31.0 Å². The molecule has 1 aromatic rings. The van der Waals surface area contributed by atoms with Crippen LogP contribution in [0.4, 0.5) is 0 Å². The van der Waals surface area contributed by atoms with Gasteiger partial charge in [-0.25, -0.2) is 0 Å². The molecule has 1 atom stereocenters. The van der Waals surface area contributed by atoms with Crippen LogP contribution in [0.2, 0.25) is 0 Å². The molecule has 1 unspecified atom stereocenters. The Hall–Kier alpha value is -1.00. The quantitative estimate of drug-likeness (QED) is 0.816. The number of ether oxygens (including phenoxy) is 1. The lowest BCUT2D eigenvalue weighted by Gasteiger charge is -2.29. The summed E-state index contributed by atoms with van der Waals surface area (Å²) in [4.78, 5) is 11.9. The third-order valence-corrected chi connectivity index (χ3v) is 5.02. The summed E-state index contributed by atoms with van der Waals surface area (Å²) in [5, 5.41) is 11.3. The monoisotopic (exact) mass is 251 g/mol. The number of aromatic carboxylic acids is 1. The van der Waals surface area contributed by atoms with E-state index >= 15 is 0 Å².